The number of aromatic nitrogens is 2. The molecule has 0 saturated heterocycles. The molecule has 7 heteroatoms. The number of pyridine rings is 1. The van der Waals surface area contributed by atoms with Gasteiger partial charge in [0.25, 0.3) is 5.56 Å². The molecule has 0 aliphatic carbocycles. The third kappa shape index (κ3) is 4.49. The number of carbonyl (C=O) groups excluding carboxylic acids is 1. The minimum Gasteiger partial charge on any atom is -0.490 e. The Bertz CT molecular complexity index is 1030. The Hall–Kier alpha value is -3.35. The van der Waals surface area contributed by atoms with Crippen LogP contribution in [-0.4, -0.2) is 28.6 Å². The molecule has 1 aromatic carbocycles. The van der Waals surface area contributed by atoms with Gasteiger partial charge in [0.2, 0.25) is 0 Å². The van der Waals surface area contributed by atoms with E-state index in [0.29, 0.717) is 41.6 Å². The van der Waals surface area contributed by atoms with E-state index in [4.69, 9.17) is 14.2 Å². The molecule has 3 rings (SSSR count). The summed E-state index contributed by atoms with van der Waals surface area (Å²) in [6.45, 7) is 4.79. The smallest absolute Gasteiger partial charge is 0.338 e. The first-order valence-electron chi connectivity index (χ1n) is 9.16. The van der Waals surface area contributed by atoms with Crippen LogP contribution in [0.5, 0.6) is 11.5 Å². The molecule has 0 aliphatic rings. The van der Waals surface area contributed by atoms with Crippen LogP contribution >= 0.6 is 0 Å². The number of hydrogen-bond donors (Lipinski definition) is 0. The minimum atomic E-state index is -0.530. The van der Waals surface area contributed by atoms with Gasteiger partial charge in [-0.3, -0.25) is 9.20 Å². The lowest BCUT2D eigenvalue weighted by Gasteiger charge is -2.13. The molecule has 0 N–H and O–H groups in total. The zero-order chi connectivity index (χ0) is 19.9. The van der Waals surface area contributed by atoms with Gasteiger partial charge in [-0.05, 0) is 43.7 Å². The van der Waals surface area contributed by atoms with E-state index in [1.54, 1.807) is 42.6 Å². The van der Waals surface area contributed by atoms with Crippen molar-refractivity contribution in [1.82, 2.24) is 9.38 Å². The summed E-state index contributed by atoms with van der Waals surface area (Å²) in [5, 5.41) is 0. The van der Waals surface area contributed by atoms with E-state index in [1.807, 2.05) is 13.8 Å². The van der Waals surface area contributed by atoms with E-state index in [-0.39, 0.29) is 12.2 Å². The normalized spacial score (nSPS) is 10.6. The maximum atomic E-state index is 12.4. The molecule has 0 aliphatic heterocycles. The summed E-state index contributed by atoms with van der Waals surface area (Å²) >= 11 is 0. The quantitative estimate of drug-likeness (QED) is 0.557. The zero-order valence-corrected chi connectivity index (χ0v) is 15.9. The molecule has 0 radical (unpaired) electrons. The van der Waals surface area contributed by atoms with E-state index in [1.165, 1.54) is 10.5 Å². The predicted molar refractivity (Wildman–Crippen MR) is 104 cm³/mol. The molecule has 2 aromatic heterocycles. The lowest BCUT2D eigenvalue weighted by Crippen LogP contribution is -2.16. The Morgan fingerprint density at radius 2 is 1.93 bits per heavy atom. The van der Waals surface area contributed by atoms with Crippen molar-refractivity contribution >= 4 is 11.6 Å². The van der Waals surface area contributed by atoms with Gasteiger partial charge in [-0.2, -0.15) is 0 Å². The van der Waals surface area contributed by atoms with Gasteiger partial charge in [-0.25, -0.2) is 9.78 Å². The van der Waals surface area contributed by atoms with E-state index < -0.39 is 5.97 Å². The highest BCUT2D eigenvalue weighted by Gasteiger charge is 2.14. The number of rotatable bonds is 8. The van der Waals surface area contributed by atoms with Gasteiger partial charge >= 0.3 is 5.97 Å². The van der Waals surface area contributed by atoms with Crippen molar-refractivity contribution in [2.24, 2.45) is 0 Å². The summed E-state index contributed by atoms with van der Waals surface area (Å²) in [6, 6.07) is 11.5. The maximum Gasteiger partial charge on any atom is 0.338 e. The van der Waals surface area contributed by atoms with Gasteiger partial charge in [0.15, 0.2) is 11.5 Å². The van der Waals surface area contributed by atoms with Gasteiger partial charge in [-0.15, -0.1) is 0 Å². The van der Waals surface area contributed by atoms with Gasteiger partial charge < -0.3 is 14.2 Å². The molecule has 3 aromatic rings. The molecule has 146 valence electrons. The highest BCUT2D eigenvalue weighted by Crippen LogP contribution is 2.29. The van der Waals surface area contributed by atoms with Crippen LogP contribution in [0.3, 0.4) is 0 Å². The Balaban J connectivity index is 1.74. The third-order valence-corrected chi connectivity index (χ3v) is 3.92. The Morgan fingerprint density at radius 3 is 2.71 bits per heavy atom. The summed E-state index contributed by atoms with van der Waals surface area (Å²) < 4.78 is 17.9. The number of nitrogens with zero attached hydrogens (tertiary/aromatic N) is 2. The van der Waals surface area contributed by atoms with Crippen LogP contribution in [0.4, 0.5) is 0 Å². The molecule has 0 atom stereocenters. The van der Waals surface area contributed by atoms with Crippen LogP contribution < -0.4 is 15.0 Å². The molecule has 0 spiro atoms. The van der Waals surface area contributed by atoms with E-state index in [0.717, 1.165) is 6.42 Å². The first kappa shape index (κ1) is 19.4. The number of carbonyl (C=O) groups is 1. The predicted octanol–water partition coefficient (Wildman–Crippen LogP) is 3.24. The summed E-state index contributed by atoms with van der Waals surface area (Å²) in [5.74, 6) is 0.551. The third-order valence-electron chi connectivity index (χ3n) is 3.92. The molecule has 0 saturated carbocycles. The highest BCUT2D eigenvalue weighted by molar-refractivity contribution is 5.90. The van der Waals surface area contributed by atoms with E-state index >= 15 is 0 Å². The molecule has 0 bridgehead atoms. The van der Waals surface area contributed by atoms with Crippen LogP contribution in [-0.2, 0) is 11.3 Å². The first-order chi connectivity index (χ1) is 13.6. The summed E-state index contributed by atoms with van der Waals surface area (Å²) in [4.78, 5) is 28.9. The van der Waals surface area contributed by atoms with Crippen molar-refractivity contribution in [3.05, 3.63) is 70.3 Å². The fraction of sp³-hybridized carbons (Fsp3) is 0.286. The average molecular weight is 382 g/mol. The molecule has 0 amide bonds. The second-order valence-electron chi connectivity index (χ2n) is 6.03. The zero-order valence-electron chi connectivity index (χ0n) is 15.9. The van der Waals surface area contributed by atoms with Crippen molar-refractivity contribution in [2.75, 3.05) is 13.2 Å². The second kappa shape index (κ2) is 9.03. The number of ether oxygens (including phenoxy) is 3. The fourth-order valence-corrected chi connectivity index (χ4v) is 2.63. The Labute approximate surface area is 162 Å². The van der Waals surface area contributed by atoms with Crippen molar-refractivity contribution < 1.29 is 19.0 Å². The summed E-state index contributed by atoms with van der Waals surface area (Å²) in [7, 11) is 0. The Morgan fingerprint density at radius 1 is 1.07 bits per heavy atom. The standard InChI is InChI=1S/C21H22N2O5/c1-3-11-27-17-9-8-15(12-18(17)26-4-2)21(25)28-14-16-13-20(24)23-10-6-5-7-19(23)22-16/h5-10,12-13H,3-4,11,14H2,1-2H3. The lowest BCUT2D eigenvalue weighted by atomic mass is 10.2. The highest BCUT2D eigenvalue weighted by atomic mass is 16.5. The Kier molecular flexibility index (Phi) is 6.26. The molecule has 28 heavy (non-hydrogen) atoms. The number of benzene rings is 1. The second-order valence-corrected chi connectivity index (χ2v) is 6.03. The van der Waals surface area contributed by atoms with Crippen molar-refractivity contribution in [1.29, 1.82) is 0 Å². The van der Waals surface area contributed by atoms with Crippen molar-refractivity contribution in [3.8, 4) is 11.5 Å². The van der Waals surface area contributed by atoms with Crippen LogP contribution in [0.15, 0.2) is 53.5 Å². The van der Waals surface area contributed by atoms with Gasteiger partial charge in [0.1, 0.15) is 12.3 Å². The molecule has 0 fully saturated rings. The number of esters is 1. The molecular formula is C21H22N2O5. The van der Waals surface area contributed by atoms with Crippen LogP contribution in [0.2, 0.25) is 0 Å². The van der Waals surface area contributed by atoms with E-state index in [2.05, 4.69) is 4.98 Å². The van der Waals surface area contributed by atoms with Crippen LogP contribution in [0.25, 0.3) is 5.65 Å². The molecule has 2 heterocycles. The van der Waals surface area contributed by atoms with Crippen molar-refractivity contribution in [2.45, 2.75) is 26.9 Å². The van der Waals surface area contributed by atoms with Gasteiger partial charge in [-0.1, -0.05) is 13.0 Å². The van der Waals surface area contributed by atoms with Gasteiger partial charge in [0.05, 0.1) is 24.5 Å². The molecule has 7 nitrogen and oxygen atoms in total. The maximum absolute atomic E-state index is 12.4. The fourth-order valence-electron chi connectivity index (χ4n) is 2.63. The molecular weight excluding hydrogens is 360 g/mol. The monoisotopic (exact) mass is 382 g/mol. The van der Waals surface area contributed by atoms with Crippen molar-refractivity contribution in [3.63, 3.8) is 0 Å². The lowest BCUT2D eigenvalue weighted by molar-refractivity contribution is 0.0467. The first-order valence-corrected chi connectivity index (χ1v) is 9.16. The number of fused-ring (bicyclic) bond motifs is 1. The average Bonchev–Trinajstić information content (AvgIpc) is 2.71. The summed E-state index contributed by atoms with van der Waals surface area (Å²) in [5.41, 5.74) is 0.993. The largest absolute Gasteiger partial charge is 0.490 e. The SMILES string of the molecule is CCCOc1ccc(C(=O)OCc2cc(=O)n3ccccc3n2)cc1OCC. The number of hydrogen-bond acceptors (Lipinski definition) is 6. The molecule has 0 unspecified atom stereocenters. The van der Waals surface area contributed by atoms with Gasteiger partial charge in [0, 0.05) is 12.3 Å². The summed E-state index contributed by atoms with van der Waals surface area (Å²) in [6.07, 6.45) is 2.51. The van der Waals surface area contributed by atoms with Crippen LogP contribution in [0.1, 0.15) is 36.3 Å². The minimum absolute atomic E-state index is 0.0997. The van der Waals surface area contributed by atoms with E-state index in [9.17, 15) is 9.59 Å². The topological polar surface area (TPSA) is 79.1 Å². The van der Waals surface area contributed by atoms with Crippen LogP contribution in [0, 0.1) is 0 Å².